The highest BCUT2D eigenvalue weighted by Crippen LogP contribution is 2.23. The van der Waals surface area contributed by atoms with Crippen LogP contribution in [0, 0.1) is 5.92 Å². The second kappa shape index (κ2) is 6.64. The number of ketones is 1. The molecule has 1 aliphatic heterocycles. The van der Waals surface area contributed by atoms with Crippen molar-refractivity contribution in [2.24, 2.45) is 5.92 Å². The number of H-pyrrole nitrogens is 1. The Bertz CT molecular complexity index is 680. The van der Waals surface area contributed by atoms with E-state index in [0.717, 1.165) is 18.6 Å². The molecular weight excluding hydrogens is 294 g/mol. The molecule has 0 bridgehead atoms. The third kappa shape index (κ3) is 3.26. The van der Waals surface area contributed by atoms with Gasteiger partial charge in [0.05, 0.1) is 7.11 Å². The number of benzene rings is 1. The first kappa shape index (κ1) is 15.3. The summed E-state index contributed by atoms with van der Waals surface area (Å²) in [5, 5.41) is 6.49. The molecule has 0 aliphatic carbocycles. The van der Waals surface area contributed by atoms with Crippen molar-refractivity contribution >= 4 is 11.7 Å². The van der Waals surface area contributed by atoms with Crippen LogP contribution in [0.25, 0.3) is 0 Å². The molecule has 6 nitrogen and oxygen atoms in total. The topological polar surface area (TPSA) is 75.3 Å². The van der Waals surface area contributed by atoms with Crippen molar-refractivity contribution in [3.8, 4) is 5.75 Å². The van der Waals surface area contributed by atoms with Gasteiger partial charge in [-0.25, -0.2) is 0 Å². The lowest BCUT2D eigenvalue weighted by Crippen LogP contribution is -2.42. The Labute approximate surface area is 134 Å². The van der Waals surface area contributed by atoms with Crippen LogP contribution in [-0.4, -0.2) is 47.0 Å². The van der Waals surface area contributed by atoms with Gasteiger partial charge >= 0.3 is 0 Å². The van der Waals surface area contributed by atoms with Crippen molar-refractivity contribution < 1.29 is 14.3 Å². The first-order chi connectivity index (χ1) is 11.2. The SMILES string of the molecule is COc1ccc(C(=O)[C@H]2CCCN(C(=O)c3ccn[nH]3)C2)cc1. The number of likely N-dealkylation sites (tertiary alicyclic amines) is 1. The number of amides is 1. The van der Waals surface area contributed by atoms with E-state index < -0.39 is 0 Å². The van der Waals surface area contributed by atoms with Crippen molar-refractivity contribution in [2.75, 3.05) is 20.2 Å². The average molecular weight is 313 g/mol. The first-order valence-corrected chi connectivity index (χ1v) is 7.66. The van der Waals surface area contributed by atoms with Crippen LogP contribution in [0.3, 0.4) is 0 Å². The summed E-state index contributed by atoms with van der Waals surface area (Å²) >= 11 is 0. The quantitative estimate of drug-likeness (QED) is 0.878. The summed E-state index contributed by atoms with van der Waals surface area (Å²) in [6, 6.07) is 8.76. The van der Waals surface area contributed by atoms with Gasteiger partial charge in [-0.15, -0.1) is 0 Å². The standard InChI is InChI=1S/C17H19N3O3/c1-23-14-6-4-12(5-7-14)16(21)13-3-2-10-20(11-13)17(22)15-8-9-18-19-15/h4-9,13H,2-3,10-11H2,1H3,(H,18,19)/t13-/m0/s1. The zero-order valence-corrected chi connectivity index (χ0v) is 13.0. The number of aromatic nitrogens is 2. The zero-order chi connectivity index (χ0) is 16.2. The molecule has 120 valence electrons. The molecule has 0 unspecified atom stereocenters. The molecule has 0 spiro atoms. The number of hydrogen-bond acceptors (Lipinski definition) is 4. The van der Waals surface area contributed by atoms with Gasteiger partial charge in [-0.2, -0.15) is 5.10 Å². The van der Waals surface area contributed by atoms with Gasteiger partial charge in [0.1, 0.15) is 11.4 Å². The maximum atomic E-state index is 12.7. The molecule has 6 heteroatoms. The fourth-order valence-electron chi connectivity index (χ4n) is 2.91. The summed E-state index contributed by atoms with van der Waals surface area (Å²) in [5.41, 5.74) is 1.12. The minimum atomic E-state index is -0.163. The summed E-state index contributed by atoms with van der Waals surface area (Å²) in [5.74, 6) is 0.537. The van der Waals surface area contributed by atoms with Gasteiger partial charge in [-0.05, 0) is 43.2 Å². The van der Waals surface area contributed by atoms with Gasteiger partial charge in [0.2, 0.25) is 0 Å². The number of nitrogens with one attached hydrogen (secondary N) is 1. The lowest BCUT2D eigenvalue weighted by molar-refractivity contribution is 0.0632. The summed E-state index contributed by atoms with van der Waals surface area (Å²) in [6.07, 6.45) is 3.18. The number of hydrogen-bond donors (Lipinski definition) is 1. The van der Waals surface area contributed by atoms with Gasteiger partial charge in [0.25, 0.3) is 5.91 Å². The fourth-order valence-corrected chi connectivity index (χ4v) is 2.91. The number of aromatic amines is 1. The molecule has 1 fully saturated rings. The Hall–Kier alpha value is -2.63. The lowest BCUT2D eigenvalue weighted by atomic mass is 9.90. The molecule has 1 aromatic carbocycles. The second-order valence-corrected chi connectivity index (χ2v) is 5.65. The molecule has 0 saturated carbocycles. The lowest BCUT2D eigenvalue weighted by Gasteiger charge is -2.31. The molecule has 2 aromatic rings. The molecular formula is C17H19N3O3. The molecule has 1 atom stereocenters. The van der Waals surface area contributed by atoms with Crippen LogP contribution in [0.4, 0.5) is 0 Å². The van der Waals surface area contributed by atoms with E-state index in [-0.39, 0.29) is 17.6 Å². The van der Waals surface area contributed by atoms with E-state index >= 15 is 0 Å². The summed E-state index contributed by atoms with van der Waals surface area (Å²) in [6.45, 7) is 1.12. The van der Waals surface area contributed by atoms with Gasteiger partial charge in [0.15, 0.2) is 5.78 Å². The Morgan fingerprint density at radius 2 is 2.04 bits per heavy atom. The normalized spacial score (nSPS) is 17.8. The second-order valence-electron chi connectivity index (χ2n) is 5.65. The van der Waals surface area contributed by atoms with E-state index in [4.69, 9.17) is 4.74 Å². The molecule has 3 rings (SSSR count). The highest BCUT2D eigenvalue weighted by molar-refractivity contribution is 5.99. The van der Waals surface area contributed by atoms with E-state index in [0.29, 0.717) is 24.3 Å². The Balaban J connectivity index is 1.70. The van der Waals surface area contributed by atoms with E-state index in [1.54, 1.807) is 48.5 Å². The number of piperidine rings is 1. The van der Waals surface area contributed by atoms with E-state index in [9.17, 15) is 9.59 Å². The maximum Gasteiger partial charge on any atom is 0.271 e. The number of carbonyl (C=O) groups excluding carboxylic acids is 2. The van der Waals surface area contributed by atoms with E-state index in [1.165, 1.54) is 0 Å². The van der Waals surface area contributed by atoms with Crippen molar-refractivity contribution in [1.29, 1.82) is 0 Å². The van der Waals surface area contributed by atoms with Gasteiger partial charge in [0, 0.05) is 30.8 Å². The van der Waals surface area contributed by atoms with Crippen LogP contribution in [0.1, 0.15) is 33.7 Å². The van der Waals surface area contributed by atoms with Crippen molar-refractivity contribution in [3.63, 3.8) is 0 Å². The first-order valence-electron chi connectivity index (χ1n) is 7.66. The molecule has 1 amide bonds. The fraction of sp³-hybridized carbons (Fsp3) is 0.353. The summed E-state index contributed by atoms with van der Waals surface area (Å²) in [4.78, 5) is 26.8. The largest absolute Gasteiger partial charge is 0.497 e. The monoisotopic (exact) mass is 313 g/mol. The third-order valence-electron chi connectivity index (χ3n) is 4.19. The van der Waals surface area contributed by atoms with Crippen LogP contribution in [-0.2, 0) is 0 Å². The van der Waals surface area contributed by atoms with E-state index in [1.807, 2.05) is 0 Å². The summed E-state index contributed by atoms with van der Waals surface area (Å²) in [7, 11) is 1.59. The Morgan fingerprint density at radius 1 is 1.26 bits per heavy atom. The van der Waals surface area contributed by atoms with Crippen LogP contribution in [0.15, 0.2) is 36.5 Å². The van der Waals surface area contributed by atoms with Gasteiger partial charge in [-0.1, -0.05) is 0 Å². The molecule has 0 radical (unpaired) electrons. The molecule has 1 aliphatic rings. The number of carbonyl (C=O) groups is 2. The number of Topliss-reactive ketones (excluding diaryl/α,β-unsaturated/α-hetero) is 1. The van der Waals surface area contributed by atoms with Crippen LogP contribution < -0.4 is 4.74 Å². The molecule has 1 N–H and O–H groups in total. The van der Waals surface area contributed by atoms with Crippen molar-refractivity contribution in [1.82, 2.24) is 15.1 Å². The van der Waals surface area contributed by atoms with Crippen LogP contribution >= 0.6 is 0 Å². The third-order valence-corrected chi connectivity index (χ3v) is 4.19. The highest BCUT2D eigenvalue weighted by atomic mass is 16.5. The smallest absolute Gasteiger partial charge is 0.271 e. The summed E-state index contributed by atoms with van der Waals surface area (Å²) < 4.78 is 5.11. The van der Waals surface area contributed by atoms with Crippen LogP contribution in [0.5, 0.6) is 5.75 Å². The van der Waals surface area contributed by atoms with Gasteiger partial charge in [-0.3, -0.25) is 14.7 Å². The molecule has 23 heavy (non-hydrogen) atoms. The number of rotatable bonds is 4. The molecule has 2 heterocycles. The molecule has 1 saturated heterocycles. The minimum Gasteiger partial charge on any atom is -0.497 e. The highest BCUT2D eigenvalue weighted by Gasteiger charge is 2.29. The van der Waals surface area contributed by atoms with Crippen molar-refractivity contribution in [2.45, 2.75) is 12.8 Å². The maximum absolute atomic E-state index is 12.7. The number of methoxy groups -OCH3 is 1. The number of ether oxygens (including phenoxy) is 1. The molecule has 1 aromatic heterocycles. The van der Waals surface area contributed by atoms with Gasteiger partial charge < -0.3 is 9.64 Å². The number of nitrogens with zero attached hydrogens (tertiary/aromatic N) is 2. The minimum absolute atomic E-state index is 0.0785. The predicted octanol–water partition coefficient (Wildman–Crippen LogP) is 2.15. The Morgan fingerprint density at radius 3 is 2.70 bits per heavy atom. The van der Waals surface area contributed by atoms with Crippen molar-refractivity contribution in [3.05, 3.63) is 47.8 Å². The Kier molecular flexibility index (Phi) is 4.41. The van der Waals surface area contributed by atoms with E-state index in [2.05, 4.69) is 10.2 Å². The zero-order valence-electron chi connectivity index (χ0n) is 13.0. The van der Waals surface area contributed by atoms with Crippen LogP contribution in [0.2, 0.25) is 0 Å². The average Bonchev–Trinajstić information content (AvgIpc) is 3.15. The predicted molar refractivity (Wildman–Crippen MR) is 84.5 cm³/mol.